The van der Waals surface area contributed by atoms with E-state index in [4.69, 9.17) is 0 Å². The van der Waals surface area contributed by atoms with Gasteiger partial charge in [-0.05, 0) is 64.7 Å². The maximum Gasteiger partial charge on any atom is 0.307 e. The number of thiazole rings is 1. The van der Waals surface area contributed by atoms with Crippen molar-refractivity contribution in [3.63, 3.8) is 0 Å². The van der Waals surface area contributed by atoms with Crippen molar-refractivity contribution in [3.8, 4) is 11.3 Å². The van der Waals surface area contributed by atoms with Crippen molar-refractivity contribution in [1.82, 2.24) is 4.98 Å². The van der Waals surface area contributed by atoms with E-state index < -0.39 is 17.8 Å². The van der Waals surface area contributed by atoms with Crippen LogP contribution in [0.4, 0.5) is 5.13 Å². The predicted molar refractivity (Wildman–Crippen MR) is 113 cm³/mol. The summed E-state index contributed by atoms with van der Waals surface area (Å²) in [5.41, 5.74) is 6.46. The van der Waals surface area contributed by atoms with Crippen molar-refractivity contribution < 1.29 is 14.7 Å². The molecule has 6 heteroatoms. The fourth-order valence-corrected chi connectivity index (χ4v) is 4.47. The molecule has 1 aliphatic rings. The lowest BCUT2D eigenvalue weighted by molar-refractivity contribution is -0.146. The van der Waals surface area contributed by atoms with Gasteiger partial charge >= 0.3 is 5.97 Å². The summed E-state index contributed by atoms with van der Waals surface area (Å²) in [6, 6.07) is 6.20. The second-order valence-corrected chi connectivity index (χ2v) is 8.94. The number of aryl methyl sites for hydroxylation is 3. The molecule has 1 aromatic carbocycles. The van der Waals surface area contributed by atoms with Crippen LogP contribution in [0, 0.1) is 32.6 Å². The van der Waals surface area contributed by atoms with Crippen molar-refractivity contribution >= 4 is 28.3 Å². The Hall–Kier alpha value is -2.47. The van der Waals surface area contributed by atoms with Gasteiger partial charge in [-0.25, -0.2) is 4.98 Å². The molecule has 0 saturated heterocycles. The molecule has 0 spiro atoms. The fraction of sp³-hybridized carbons (Fsp3) is 0.409. The number of hydrogen-bond donors (Lipinski definition) is 2. The summed E-state index contributed by atoms with van der Waals surface area (Å²) < 4.78 is 0. The van der Waals surface area contributed by atoms with Crippen LogP contribution in [0.15, 0.2) is 29.3 Å². The molecule has 0 unspecified atom stereocenters. The molecule has 0 saturated carbocycles. The summed E-state index contributed by atoms with van der Waals surface area (Å²) in [6.45, 7) is 10.0. The quantitative estimate of drug-likeness (QED) is 0.701. The van der Waals surface area contributed by atoms with Gasteiger partial charge in [-0.1, -0.05) is 23.3 Å². The molecule has 1 aromatic heterocycles. The van der Waals surface area contributed by atoms with E-state index in [-0.39, 0.29) is 5.91 Å². The lowest BCUT2D eigenvalue weighted by Gasteiger charge is -2.29. The zero-order valence-electron chi connectivity index (χ0n) is 16.9. The number of aliphatic carboxylic acids is 1. The second-order valence-electron chi connectivity index (χ2n) is 7.73. The van der Waals surface area contributed by atoms with Gasteiger partial charge in [0.15, 0.2) is 5.13 Å². The van der Waals surface area contributed by atoms with Crippen molar-refractivity contribution in [2.24, 2.45) is 11.8 Å². The number of nitrogens with zero attached hydrogens (tertiary/aromatic N) is 1. The molecule has 0 aliphatic heterocycles. The molecular formula is C22H26N2O3S. The monoisotopic (exact) mass is 398 g/mol. The Morgan fingerprint density at radius 3 is 2.29 bits per heavy atom. The van der Waals surface area contributed by atoms with Crippen LogP contribution >= 0.6 is 11.3 Å². The van der Waals surface area contributed by atoms with E-state index in [0.29, 0.717) is 18.0 Å². The number of carbonyl (C=O) groups excluding carboxylic acids is 1. The molecule has 0 bridgehead atoms. The summed E-state index contributed by atoms with van der Waals surface area (Å²) >= 11 is 1.42. The summed E-state index contributed by atoms with van der Waals surface area (Å²) in [7, 11) is 0. The second kappa shape index (κ2) is 7.87. The largest absolute Gasteiger partial charge is 0.481 e. The fourth-order valence-electron chi connectivity index (χ4n) is 3.63. The minimum atomic E-state index is -0.918. The first-order valence-corrected chi connectivity index (χ1v) is 10.2. The first-order valence-electron chi connectivity index (χ1n) is 9.41. The van der Waals surface area contributed by atoms with Crippen molar-refractivity contribution in [3.05, 3.63) is 45.3 Å². The third-order valence-electron chi connectivity index (χ3n) is 5.73. The summed E-state index contributed by atoms with van der Waals surface area (Å²) in [5.74, 6) is -2.45. The number of amides is 1. The Bertz CT molecular complexity index is 974. The predicted octanol–water partition coefficient (Wildman–Crippen LogP) is 5.12. The lowest BCUT2D eigenvalue weighted by Crippen LogP contribution is -2.36. The van der Waals surface area contributed by atoms with Crippen LogP contribution in [0.3, 0.4) is 0 Å². The minimum Gasteiger partial charge on any atom is -0.481 e. The van der Waals surface area contributed by atoms with Crippen LogP contribution in [0.25, 0.3) is 11.3 Å². The standard InChI is InChI=1S/C22H26N2O3S/c1-11-6-7-16(8-12(11)2)19-15(5)28-22(23-19)24-20(25)17-9-13(3)14(4)10-18(17)21(26)27/h6-8,17-18H,9-10H2,1-5H3,(H,26,27)(H,23,24,25)/t17-,18+/m0/s1. The average Bonchev–Trinajstić information content (AvgIpc) is 2.99. The number of carbonyl (C=O) groups is 2. The first-order chi connectivity index (χ1) is 13.2. The molecule has 1 heterocycles. The van der Waals surface area contributed by atoms with E-state index in [2.05, 4.69) is 36.3 Å². The number of carboxylic acid groups (broad SMARTS) is 1. The maximum atomic E-state index is 12.9. The smallest absolute Gasteiger partial charge is 0.307 e. The van der Waals surface area contributed by atoms with E-state index in [1.54, 1.807) is 0 Å². The molecule has 1 amide bonds. The Morgan fingerprint density at radius 1 is 1.04 bits per heavy atom. The molecule has 2 N–H and O–H groups in total. The van der Waals surface area contributed by atoms with Crippen molar-refractivity contribution in [1.29, 1.82) is 0 Å². The zero-order chi connectivity index (χ0) is 20.6. The molecule has 0 fully saturated rings. The molecular weight excluding hydrogens is 372 g/mol. The van der Waals surface area contributed by atoms with Crippen LogP contribution in [-0.4, -0.2) is 22.0 Å². The normalized spacial score (nSPS) is 19.6. The molecule has 5 nitrogen and oxygen atoms in total. The van der Waals surface area contributed by atoms with Gasteiger partial charge in [0.25, 0.3) is 0 Å². The first kappa shape index (κ1) is 20.3. The Balaban J connectivity index is 1.83. The summed E-state index contributed by atoms with van der Waals surface area (Å²) in [4.78, 5) is 30.2. The average molecular weight is 399 g/mol. The van der Waals surface area contributed by atoms with Gasteiger partial charge in [0, 0.05) is 10.4 Å². The van der Waals surface area contributed by atoms with Crippen molar-refractivity contribution in [2.75, 3.05) is 5.32 Å². The maximum absolute atomic E-state index is 12.9. The van der Waals surface area contributed by atoms with E-state index in [1.165, 1.54) is 22.5 Å². The molecule has 3 rings (SSSR count). The summed E-state index contributed by atoms with van der Waals surface area (Å²) in [6.07, 6.45) is 0.896. The van der Waals surface area contributed by atoms with E-state index >= 15 is 0 Å². The van der Waals surface area contributed by atoms with Gasteiger partial charge in [-0.2, -0.15) is 0 Å². The van der Waals surface area contributed by atoms with E-state index in [0.717, 1.165) is 27.3 Å². The Morgan fingerprint density at radius 2 is 1.68 bits per heavy atom. The topological polar surface area (TPSA) is 79.3 Å². The zero-order valence-corrected chi connectivity index (χ0v) is 17.7. The number of benzene rings is 1. The van der Waals surface area contributed by atoms with Crippen LogP contribution in [0.1, 0.15) is 42.7 Å². The molecule has 2 aromatic rings. The molecule has 2 atom stereocenters. The van der Waals surface area contributed by atoms with Crippen LogP contribution < -0.4 is 5.32 Å². The lowest BCUT2D eigenvalue weighted by atomic mass is 9.76. The van der Waals surface area contributed by atoms with Gasteiger partial charge in [0.1, 0.15) is 0 Å². The van der Waals surface area contributed by atoms with Gasteiger partial charge in [0.05, 0.1) is 17.5 Å². The van der Waals surface area contributed by atoms with E-state index in [1.807, 2.05) is 26.8 Å². The van der Waals surface area contributed by atoms with Crippen LogP contribution in [-0.2, 0) is 9.59 Å². The number of aromatic nitrogens is 1. The van der Waals surface area contributed by atoms with Crippen molar-refractivity contribution in [2.45, 2.75) is 47.5 Å². The SMILES string of the molecule is CC1=C(C)C[C@@H](C(=O)O)[C@@H](C(=O)Nc2nc(-c3ccc(C)c(C)c3)c(C)s2)C1. The van der Waals surface area contributed by atoms with E-state index in [9.17, 15) is 14.7 Å². The third-order valence-corrected chi connectivity index (χ3v) is 6.61. The molecule has 148 valence electrons. The van der Waals surface area contributed by atoms with Gasteiger partial charge < -0.3 is 10.4 Å². The number of carboxylic acids is 1. The van der Waals surface area contributed by atoms with Gasteiger partial charge in [-0.3, -0.25) is 9.59 Å². The number of anilines is 1. The Kier molecular flexibility index (Phi) is 5.70. The number of rotatable bonds is 4. The minimum absolute atomic E-state index is 0.264. The summed E-state index contributed by atoms with van der Waals surface area (Å²) in [5, 5.41) is 12.9. The molecule has 28 heavy (non-hydrogen) atoms. The molecule has 1 aliphatic carbocycles. The highest BCUT2D eigenvalue weighted by atomic mass is 32.1. The highest BCUT2D eigenvalue weighted by Crippen LogP contribution is 2.36. The number of hydrogen-bond acceptors (Lipinski definition) is 4. The third kappa shape index (κ3) is 4.02. The van der Waals surface area contributed by atoms with Crippen LogP contribution in [0.2, 0.25) is 0 Å². The molecule has 0 radical (unpaired) electrons. The van der Waals surface area contributed by atoms with Crippen LogP contribution in [0.5, 0.6) is 0 Å². The number of nitrogens with one attached hydrogen (secondary N) is 1. The highest BCUT2D eigenvalue weighted by molar-refractivity contribution is 7.16. The van der Waals surface area contributed by atoms with Gasteiger partial charge in [0.2, 0.25) is 5.91 Å². The highest BCUT2D eigenvalue weighted by Gasteiger charge is 2.37. The van der Waals surface area contributed by atoms with Gasteiger partial charge in [-0.15, -0.1) is 11.3 Å². The number of allylic oxidation sites excluding steroid dienone is 2. The Labute approximate surface area is 169 Å².